The summed E-state index contributed by atoms with van der Waals surface area (Å²) in [6.45, 7) is 3.34. The first-order valence-electron chi connectivity index (χ1n) is 8.08. The molecule has 0 spiro atoms. The molecule has 3 rings (SSSR count). The lowest BCUT2D eigenvalue weighted by Gasteiger charge is -2.13. The van der Waals surface area contributed by atoms with Crippen molar-refractivity contribution in [1.29, 1.82) is 0 Å². The largest absolute Gasteiger partial charge is 0.449 e. The van der Waals surface area contributed by atoms with Crippen LogP contribution in [-0.2, 0) is 9.53 Å². The number of pyridine rings is 1. The molecule has 1 atom stereocenters. The number of aryl methyl sites for hydroxylation is 1. The SMILES string of the molecule is Cc1cccc(NC(=O)C(C)OC(=O)c2ccc(-c3ncc[nH]3)cc2)n1. The Hall–Kier alpha value is -3.48. The quantitative estimate of drug-likeness (QED) is 0.690. The summed E-state index contributed by atoms with van der Waals surface area (Å²) in [5, 5.41) is 2.63. The van der Waals surface area contributed by atoms with Gasteiger partial charge >= 0.3 is 5.97 Å². The van der Waals surface area contributed by atoms with Crippen LogP contribution in [0.1, 0.15) is 23.0 Å². The summed E-state index contributed by atoms with van der Waals surface area (Å²) in [7, 11) is 0. The molecule has 0 fully saturated rings. The third kappa shape index (κ3) is 4.13. The molecule has 7 heteroatoms. The third-order valence-electron chi connectivity index (χ3n) is 3.68. The highest BCUT2D eigenvalue weighted by Gasteiger charge is 2.19. The summed E-state index contributed by atoms with van der Waals surface area (Å²) in [6.07, 6.45) is 2.43. The number of imidazole rings is 1. The van der Waals surface area contributed by atoms with Crippen molar-refractivity contribution in [3.8, 4) is 11.4 Å². The lowest BCUT2D eigenvalue weighted by molar-refractivity contribution is -0.123. The molecule has 0 aliphatic carbocycles. The van der Waals surface area contributed by atoms with Crippen LogP contribution in [0.15, 0.2) is 54.9 Å². The maximum Gasteiger partial charge on any atom is 0.338 e. The zero-order chi connectivity index (χ0) is 18.5. The molecule has 132 valence electrons. The number of esters is 1. The van der Waals surface area contributed by atoms with Gasteiger partial charge in [0.2, 0.25) is 0 Å². The molecule has 1 aromatic carbocycles. The average molecular weight is 350 g/mol. The highest BCUT2D eigenvalue weighted by Crippen LogP contribution is 2.16. The van der Waals surface area contributed by atoms with Gasteiger partial charge in [0.1, 0.15) is 11.6 Å². The minimum atomic E-state index is -0.949. The second kappa shape index (κ2) is 7.60. The van der Waals surface area contributed by atoms with Crippen LogP contribution in [-0.4, -0.2) is 32.9 Å². The summed E-state index contributed by atoms with van der Waals surface area (Å²) >= 11 is 0. The topological polar surface area (TPSA) is 97.0 Å². The lowest BCUT2D eigenvalue weighted by atomic mass is 10.1. The molecule has 2 heterocycles. The van der Waals surface area contributed by atoms with Gasteiger partial charge in [-0.25, -0.2) is 14.8 Å². The Bertz CT molecular complexity index is 905. The molecule has 0 saturated carbocycles. The molecule has 0 radical (unpaired) electrons. The number of nitrogens with zero attached hydrogens (tertiary/aromatic N) is 2. The second-order valence-corrected chi connectivity index (χ2v) is 5.72. The van der Waals surface area contributed by atoms with Gasteiger partial charge in [-0.05, 0) is 38.1 Å². The van der Waals surface area contributed by atoms with E-state index >= 15 is 0 Å². The lowest BCUT2D eigenvalue weighted by Crippen LogP contribution is -2.30. The Morgan fingerprint density at radius 2 is 1.92 bits per heavy atom. The van der Waals surface area contributed by atoms with E-state index < -0.39 is 18.0 Å². The first-order chi connectivity index (χ1) is 12.5. The number of hydrogen-bond donors (Lipinski definition) is 2. The number of H-pyrrole nitrogens is 1. The number of anilines is 1. The standard InChI is InChI=1S/C19H18N4O3/c1-12-4-3-5-16(22-12)23-18(24)13(2)26-19(25)15-8-6-14(7-9-15)17-20-10-11-21-17/h3-11,13H,1-2H3,(H,20,21)(H,22,23,24). The van der Waals surface area contributed by atoms with Crippen LogP contribution in [0.4, 0.5) is 5.82 Å². The Kier molecular flexibility index (Phi) is 5.07. The number of aromatic nitrogens is 3. The first kappa shape index (κ1) is 17.3. The van der Waals surface area contributed by atoms with Crippen molar-refractivity contribution in [1.82, 2.24) is 15.0 Å². The molecule has 0 aliphatic heterocycles. The Labute approximate surface area is 150 Å². The average Bonchev–Trinajstić information content (AvgIpc) is 3.16. The van der Waals surface area contributed by atoms with Gasteiger partial charge < -0.3 is 15.0 Å². The van der Waals surface area contributed by atoms with Gasteiger partial charge in [-0.15, -0.1) is 0 Å². The number of hydrogen-bond acceptors (Lipinski definition) is 5. The Morgan fingerprint density at radius 1 is 1.15 bits per heavy atom. The highest BCUT2D eigenvalue weighted by atomic mass is 16.5. The monoisotopic (exact) mass is 350 g/mol. The van der Waals surface area contributed by atoms with Crippen molar-refractivity contribution in [3.05, 3.63) is 66.1 Å². The van der Waals surface area contributed by atoms with E-state index in [1.54, 1.807) is 48.8 Å². The van der Waals surface area contributed by atoms with Gasteiger partial charge in [0.15, 0.2) is 6.10 Å². The van der Waals surface area contributed by atoms with Gasteiger partial charge in [0.05, 0.1) is 5.56 Å². The van der Waals surface area contributed by atoms with E-state index in [0.717, 1.165) is 11.3 Å². The summed E-state index contributed by atoms with van der Waals surface area (Å²) < 4.78 is 5.23. The van der Waals surface area contributed by atoms with E-state index in [-0.39, 0.29) is 0 Å². The van der Waals surface area contributed by atoms with E-state index in [1.165, 1.54) is 6.92 Å². The Morgan fingerprint density at radius 3 is 2.58 bits per heavy atom. The van der Waals surface area contributed by atoms with Gasteiger partial charge in [-0.3, -0.25) is 4.79 Å². The van der Waals surface area contributed by atoms with E-state index in [1.807, 2.05) is 13.0 Å². The first-order valence-corrected chi connectivity index (χ1v) is 8.08. The zero-order valence-corrected chi connectivity index (χ0v) is 14.4. The molecule has 0 aliphatic rings. The molecule has 7 nitrogen and oxygen atoms in total. The highest BCUT2D eigenvalue weighted by molar-refractivity contribution is 5.97. The van der Waals surface area contributed by atoms with E-state index in [4.69, 9.17) is 4.74 Å². The van der Waals surface area contributed by atoms with Crippen molar-refractivity contribution in [2.75, 3.05) is 5.32 Å². The van der Waals surface area contributed by atoms with Gasteiger partial charge in [0, 0.05) is 23.7 Å². The number of ether oxygens (including phenoxy) is 1. The van der Waals surface area contributed by atoms with Crippen molar-refractivity contribution in [2.45, 2.75) is 20.0 Å². The molecule has 3 aromatic rings. The molecular weight excluding hydrogens is 332 g/mol. The van der Waals surface area contributed by atoms with Crippen molar-refractivity contribution >= 4 is 17.7 Å². The number of nitrogens with one attached hydrogen (secondary N) is 2. The summed E-state index contributed by atoms with van der Waals surface area (Å²) in [4.78, 5) is 35.7. The van der Waals surface area contributed by atoms with Crippen molar-refractivity contribution in [2.24, 2.45) is 0 Å². The fourth-order valence-corrected chi connectivity index (χ4v) is 2.31. The summed E-state index contributed by atoms with van der Waals surface area (Å²) in [5.41, 5.74) is 1.99. The van der Waals surface area contributed by atoms with Crippen LogP contribution in [0.3, 0.4) is 0 Å². The smallest absolute Gasteiger partial charge is 0.338 e. The molecule has 26 heavy (non-hydrogen) atoms. The zero-order valence-electron chi connectivity index (χ0n) is 14.4. The van der Waals surface area contributed by atoms with Gasteiger partial charge in [0.25, 0.3) is 5.91 Å². The van der Waals surface area contributed by atoms with Crippen LogP contribution in [0, 0.1) is 6.92 Å². The molecule has 0 saturated heterocycles. The number of aromatic amines is 1. The van der Waals surface area contributed by atoms with Crippen molar-refractivity contribution in [3.63, 3.8) is 0 Å². The van der Waals surface area contributed by atoms with E-state index in [2.05, 4.69) is 20.3 Å². The number of benzene rings is 1. The van der Waals surface area contributed by atoms with Crippen LogP contribution in [0.25, 0.3) is 11.4 Å². The minimum absolute atomic E-state index is 0.355. The summed E-state index contributed by atoms with van der Waals surface area (Å²) in [5.74, 6) is 0.114. The number of rotatable bonds is 5. The molecule has 1 unspecified atom stereocenters. The van der Waals surface area contributed by atoms with Crippen molar-refractivity contribution < 1.29 is 14.3 Å². The number of amides is 1. The van der Waals surface area contributed by atoms with Crippen LogP contribution < -0.4 is 5.32 Å². The molecule has 2 aromatic heterocycles. The predicted molar refractivity (Wildman–Crippen MR) is 96.5 cm³/mol. The third-order valence-corrected chi connectivity index (χ3v) is 3.68. The minimum Gasteiger partial charge on any atom is -0.449 e. The second-order valence-electron chi connectivity index (χ2n) is 5.72. The van der Waals surface area contributed by atoms with Crippen LogP contribution >= 0.6 is 0 Å². The predicted octanol–water partition coefficient (Wildman–Crippen LogP) is 2.96. The maximum absolute atomic E-state index is 12.2. The van der Waals surface area contributed by atoms with Gasteiger partial charge in [-0.1, -0.05) is 18.2 Å². The maximum atomic E-state index is 12.2. The van der Waals surface area contributed by atoms with Crippen LogP contribution in [0.5, 0.6) is 0 Å². The fourth-order valence-electron chi connectivity index (χ4n) is 2.31. The fraction of sp³-hybridized carbons (Fsp3) is 0.158. The normalized spacial score (nSPS) is 11.6. The number of carbonyl (C=O) groups is 2. The molecule has 1 amide bonds. The number of carbonyl (C=O) groups excluding carboxylic acids is 2. The molecule has 0 bridgehead atoms. The van der Waals surface area contributed by atoms with Crippen LogP contribution in [0.2, 0.25) is 0 Å². The van der Waals surface area contributed by atoms with Gasteiger partial charge in [-0.2, -0.15) is 0 Å². The van der Waals surface area contributed by atoms with E-state index in [9.17, 15) is 9.59 Å². The summed E-state index contributed by atoms with van der Waals surface area (Å²) in [6, 6.07) is 12.1. The molecule has 2 N–H and O–H groups in total. The van der Waals surface area contributed by atoms with E-state index in [0.29, 0.717) is 17.2 Å². The Balaban J connectivity index is 1.60. The molecular formula is C19H18N4O3.